The van der Waals surface area contributed by atoms with Crippen LogP contribution in [0.2, 0.25) is 0 Å². The van der Waals surface area contributed by atoms with Crippen LogP contribution >= 0.6 is 0 Å². The number of nitrogens with one attached hydrogen (secondary N) is 1. The number of ether oxygens (including phenoxy) is 1. The van der Waals surface area contributed by atoms with Gasteiger partial charge in [0.25, 0.3) is 5.91 Å². The molecule has 0 bridgehead atoms. The van der Waals surface area contributed by atoms with E-state index in [0.29, 0.717) is 36.0 Å². The first-order valence-corrected chi connectivity index (χ1v) is 11.3. The van der Waals surface area contributed by atoms with Gasteiger partial charge in [0.15, 0.2) is 12.4 Å². The second-order valence-corrected chi connectivity index (χ2v) is 9.47. The number of carbonyl (C=O) groups is 2. The van der Waals surface area contributed by atoms with Gasteiger partial charge in [0.1, 0.15) is 5.75 Å². The van der Waals surface area contributed by atoms with Crippen LogP contribution in [0.25, 0.3) is 0 Å². The molecule has 0 unspecified atom stereocenters. The van der Waals surface area contributed by atoms with Crippen LogP contribution in [0.4, 0.5) is 5.69 Å². The van der Waals surface area contributed by atoms with E-state index in [0.717, 1.165) is 12.8 Å². The fraction of sp³-hybridized carbons (Fsp3) is 0.364. The second-order valence-electron chi connectivity index (χ2n) is 7.53. The van der Waals surface area contributed by atoms with Crippen LogP contribution in [0.15, 0.2) is 53.4 Å². The summed E-state index contributed by atoms with van der Waals surface area (Å²) >= 11 is 0. The number of Topliss-reactive ketones (excluding diaryl/α,β-unsaturated/α-hetero) is 1. The molecule has 0 saturated carbocycles. The number of nitrogens with zero attached hydrogens (tertiary/aromatic N) is 1. The first kappa shape index (κ1) is 22.0. The number of piperidine rings is 1. The molecule has 1 aliphatic heterocycles. The average molecular weight is 431 g/mol. The van der Waals surface area contributed by atoms with E-state index in [1.165, 1.54) is 23.4 Å². The summed E-state index contributed by atoms with van der Waals surface area (Å²) in [5, 5.41) is 2.67. The smallest absolute Gasteiger partial charge is 0.262 e. The minimum Gasteiger partial charge on any atom is -0.484 e. The maximum absolute atomic E-state index is 12.7. The predicted molar refractivity (Wildman–Crippen MR) is 114 cm³/mol. The number of anilines is 1. The summed E-state index contributed by atoms with van der Waals surface area (Å²) in [7, 11) is -3.51. The van der Waals surface area contributed by atoms with E-state index in [1.54, 1.807) is 36.4 Å². The van der Waals surface area contributed by atoms with Crippen molar-refractivity contribution in [3.63, 3.8) is 0 Å². The monoisotopic (exact) mass is 430 g/mol. The summed E-state index contributed by atoms with van der Waals surface area (Å²) in [4.78, 5) is 23.7. The molecule has 1 saturated heterocycles. The van der Waals surface area contributed by atoms with Gasteiger partial charge in [-0.15, -0.1) is 0 Å². The molecule has 3 rings (SSSR count). The second kappa shape index (κ2) is 9.40. The van der Waals surface area contributed by atoms with Gasteiger partial charge in [-0.05, 0) is 62.1 Å². The van der Waals surface area contributed by atoms with Gasteiger partial charge in [0.05, 0.1) is 4.90 Å². The van der Waals surface area contributed by atoms with Gasteiger partial charge in [-0.2, -0.15) is 4.31 Å². The van der Waals surface area contributed by atoms with E-state index in [9.17, 15) is 18.0 Å². The van der Waals surface area contributed by atoms with E-state index in [2.05, 4.69) is 12.2 Å². The molecule has 1 heterocycles. The van der Waals surface area contributed by atoms with E-state index in [4.69, 9.17) is 4.74 Å². The van der Waals surface area contributed by atoms with Gasteiger partial charge in [-0.1, -0.05) is 19.1 Å². The zero-order valence-corrected chi connectivity index (χ0v) is 17.9. The van der Waals surface area contributed by atoms with Crippen molar-refractivity contribution in [2.75, 3.05) is 25.0 Å². The summed E-state index contributed by atoms with van der Waals surface area (Å²) in [6, 6.07) is 12.7. The zero-order chi connectivity index (χ0) is 21.7. The summed E-state index contributed by atoms with van der Waals surface area (Å²) in [5.41, 5.74) is 1.02. The van der Waals surface area contributed by atoms with Crippen molar-refractivity contribution >= 4 is 27.4 Å². The fourth-order valence-corrected chi connectivity index (χ4v) is 4.71. The van der Waals surface area contributed by atoms with Crippen LogP contribution in [0, 0.1) is 5.92 Å². The average Bonchev–Trinajstić information content (AvgIpc) is 2.73. The molecule has 1 N–H and O–H groups in total. The first-order valence-electron chi connectivity index (χ1n) is 9.89. The quantitative estimate of drug-likeness (QED) is 0.680. The van der Waals surface area contributed by atoms with Crippen molar-refractivity contribution in [3.8, 4) is 5.75 Å². The van der Waals surface area contributed by atoms with Crippen molar-refractivity contribution in [2.24, 2.45) is 5.92 Å². The molecular weight excluding hydrogens is 404 g/mol. The van der Waals surface area contributed by atoms with Gasteiger partial charge in [0, 0.05) is 24.3 Å². The van der Waals surface area contributed by atoms with Crippen molar-refractivity contribution in [3.05, 3.63) is 54.1 Å². The van der Waals surface area contributed by atoms with E-state index >= 15 is 0 Å². The molecule has 0 spiro atoms. The molecule has 7 nitrogen and oxygen atoms in total. The lowest BCUT2D eigenvalue weighted by atomic mass is 10.0. The topological polar surface area (TPSA) is 92.8 Å². The Labute approximate surface area is 177 Å². The Hall–Kier alpha value is -2.71. The van der Waals surface area contributed by atoms with Crippen LogP contribution < -0.4 is 10.1 Å². The molecule has 8 heteroatoms. The van der Waals surface area contributed by atoms with Gasteiger partial charge in [0.2, 0.25) is 10.0 Å². The standard InChI is InChI=1S/C22H26N2O5S/c1-16-10-12-24(13-11-16)30(27,28)21-8-6-20(7-9-21)29-15-22(26)23-19-5-3-4-18(14-19)17(2)25/h3-9,14,16H,10-13,15H2,1-2H3,(H,23,26). The van der Waals surface area contributed by atoms with Crippen LogP contribution in [-0.4, -0.2) is 44.1 Å². The molecule has 30 heavy (non-hydrogen) atoms. The lowest BCUT2D eigenvalue weighted by molar-refractivity contribution is -0.118. The Morgan fingerprint density at radius 3 is 2.40 bits per heavy atom. The number of ketones is 1. The number of hydrogen-bond acceptors (Lipinski definition) is 5. The highest BCUT2D eigenvalue weighted by Crippen LogP contribution is 2.24. The number of sulfonamides is 1. The molecule has 2 aromatic carbocycles. The minimum absolute atomic E-state index is 0.0866. The molecule has 0 aliphatic carbocycles. The van der Waals surface area contributed by atoms with Crippen LogP contribution in [0.5, 0.6) is 5.75 Å². The molecule has 1 fully saturated rings. The molecule has 0 radical (unpaired) electrons. The number of rotatable bonds is 7. The van der Waals surface area contributed by atoms with Crippen molar-refractivity contribution < 1.29 is 22.7 Å². The zero-order valence-electron chi connectivity index (χ0n) is 17.1. The Bertz CT molecular complexity index is 1010. The summed E-state index contributed by atoms with van der Waals surface area (Å²) < 4.78 is 32.5. The molecule has 0 atom stereocenters. The van der Waals surface area contributed by atoms with E-state index in [1.807, 2.05) is 0 Å². The molecule has 1 amide bonds. The molecule has 0 aromatic heterocycles. The number of amides is 1. The first-order chi connectivity index (χ1) is 14.3. The van der Waals surface area contributed by atoms with E-state index < -0.39 is 10.0 Å². The Morgan fingerprint density at radius 1 is 1.10 bits per heavy atom. The lowest BCUT2D eigenvalue weighted by Crippen LogP contribution is -2.37. The Morgan fingerprint density at radius 2 is 1.77 bits per heavy atom. The lowest BCUT2D eigenvalue weighted by Gasteiger charge is -2.29. The molecule has 1 aliphatic rings. The predicted octanol–water partition coefficient (Wildman–Crippen LogP) is 3.33. The molecule has 2 aromatic rings. The van der Waals surface area contributed by atoms with Crippen molar-refractivity contribution in [1.82, 2.24) is 4.31 Å². The van der Waals surface area contributed by atoms with Gasteiger partial charge in [-0.3, -0.25) is 9.59 Å². The third-order valence-corrected chi connectivity index (χ3v) is 7.04. The SMILES string of the molecule is CC(=O)c1cccc(NC(=O)COc2ccc(S(=O)(=O)N3CCC(C)CC3)cc2)c1. The number of carbonyl (C=O) groups excluding carboxylic acids is 2. The van der Waals surface area contributed by atoms with E-state index in [-0.39, 0.29) is 23.2 Å². The summed E-state index contributed by atoms with van der Waals surface area (Å²) in [6.45, 7) is 4.42. The van der Waals surface area contributed by atoms with Crippen molar-refractivity contribution in [1.29, 1.82) is 0 Å². The third kappa shape index (κ3) is 5.46. The highest BCUT2D eigenvalue weighted by molar-refractivity contribution is 7.89. The number of hydrogen-bond donors (Lipinski definition) is 1. The minimum atomic E-state index is -3.51. The van der Waals surface area contributed by atoms with Gasteiger partial charge >= 0.3 is 0 Å². The molecule has 160 valence electrons. The molecular formula is C22H26N2O5S. The van der Waals surface area contributed by atoms with Gasteiger partial charge < -0.3 is 10.1 Å². The fourth-order valence-electron chi connectivity index (χ4n) is 3.24. The summed E-state index contributed by atoms with van der Waals surface area (Å²) in [5.74, 6) is 0.475. The normalized spacial score (nSPS) is 15.5. The largest absolute Gasteiger partial charge is 0.484 e. The number of benzene rings is 2. The maximum atomic E-state index is 12.7. The Balaban J connectivity index is 1.56. The maximum Gasteiger partial charge on any atom is 0.262 e. The third-order valence-electron chi connectivity index (χ3n) is 5.13. The van der Waals surface area contributed by atoms with Crippen molar-refractivity contribution in [2.45, 2.75) is 31.6 Å². The Kier molecular flexibility index (Phi) is 6.89. The highest BCUT2D eigenvalue weighted by atomic mass is 32.2. The van der Waals surface area contributed by atoms with Crippen LogP contribution in [0.3, 0.4) is 0 Å². The summed E-state index contributed by atoms with van der Waals surface area (Å²) in [6.07, 6.45) is 1.73. The highest BCUT2D eigenvalue weighted by Gasteiger charge is 2.27. The van der Waals surface area contributed by atoms with Crippen LogP contribution in [-0.2, 0) is 14.8 Å². The van der Waals surface area contributed by atoms with Gasteiger partial charge in [-0.25, -0.2) is 8.42 Å². The van der Waals surface area contributed by atoms with Crippen LogP contribution in [0.1, 0.15) is 37.0 Å².